The highest BCUT2D eigenvalue weighted by Gasteiger charge is 2.36. The fourth-order valence-corrected chi connectivity index (χ4v) is 4.39. The topological polar surface area (TPSA) is 61.8 Å². The monoisotopic (exact) mass is 381 g/mol. The van der Waals surface area contributed by atoms with Crippen LogP contribution < -0.4 is 4.72 Å². The fraction of sp³-hybridized carbons (Fsp3) is 0.727. The van der Waals surface area contributed by atoms with Gasteiger partial charge in [-0.2, -0.15) is 0 Å². The lowest BCUT2D eigenvalue weighted by molar-refractivity contribution is 0.493. The standard InChI is InChI=1S/C11H16IN3O2S/c12-11-4-9-3-8(6-15(9)7-13-11)5-14-18(16,17)10-1-2-10/h4,7-8,10-11,14H,1-3,5-6H2. The van der Waals surface area contributed by atoms with Gasteiger partial charge in [0, 0.05) is 18.8 Å². The minimum atomic E-state index is -3.04. The van der Waals surface area contributed by atoms with Crippen molar-refractivity contribution in [1.29, 1.82) is 0 Å². The van der Waals surface area contributed by atoms with Crippen LogP contribution in [0.25, 0.3) is 0 Å². The second-order valence-electron chi connectivity index (χ2n) is 5.11. The summed E-state index contributed by atoms with van der Waals surface area (Å²) in [7, 11) is -3.04. The lowest BCUT2D eigenvalue weighted by atomic mass is 10.1. The fourth-order valence-electron chi connectivity index (χ4n) is 2.37. The largest absolute Gasteiger partial charge is 0.336 e. The third-order valence-electron chi connectivity index (χ3n) is 3.54. The van der Waals surface area contributed by atoms with Crippen molar-refractivity contribution in [2.75, 3.05) is 13.1 Å². The van der Waals surface area contributed by atoms with Crippen LogP contribution in [0.4, 0.5) is 0 Å². The quantitative estimate of drug-likeness (QED) is 0.450. The van der Waals surface area contributed by atoms with Crippen molar-refractivity contribution in [3.05, 3.63) is 11.8 Å². The Morgan fingerprint density at radius 1 is 1.50 bits per heavy atom. The Bertz CT molecular complexity index is 498. The Kier molecular flexibility index (Phi) is 3.39. The first-order valence-electron chi connectivity index (χ1n) is 6.18. The van der Waals surface area contributed by atoms with Crippen molar-refractivity contribution in [3.63, 3.8) is 0 Å². The molecule has 0 aromatic carbocycles. The van der Waals surface area contributed by atoms with E-state index in [9.17, 15) is 8.42 Å². The summed E-state index contributed by atoms with van der Waals surface area (Å²) in [5, 5.41) is -0.124. The van der Waals surface area contributed by atoms with Gasteiger partial charge < -0.3 is 4.90 Å². The average Bonchev–Trinajstić information content (AvgIpc) is 3.09. The molecule has 1 N–H and O–H groups in total. The zero-order valence-corrected chi connectivity index (χ0v) is 12.9. The number of allylic oxidation sites excluding steroid dienone is 1. The first-order chi connectivity index (χ1) is 8.54. The maximum atomic E-state index is 11.7. The number of nitrogens with one attached hydrogen (secondary N) is 1. The molecule has 0 radical (unpaired) electrons. The zero-order valence-electron chi connectivity index (χ0n) is 9.92. The Hall–Kier alpha value is -0.150. The Labute approximate surface area is 121 Å². The van der Waals surface area contributed by atoms with E-state index in [0.29, 0.717) is 12.5 Å². The van der Waals surface area contributed by atoms with Crippen molar-refractivity contribution in [1.82, 2.24) is 9.62 Å². The summed E-state index contributed by atoms with van der Waals surface area (Å²) in [5.74, 6) is 0.359. The molecule has 100 valence electrons. The van der Waals surface area contributed by atoms with Gasteiger partial charge in [0.2, 0.25) is 10.0 Å². The van der Waals surface area contributed by atoms with E-state index in [2.05, 4.69) is 43.3 Å². The molecule has 18 heavy (non-hydrogen) atoms. The second-order valence-corrected chi connectivity index (χ2v) is 8.43. The number of sulfonamides is 1. The van der Waals surface area contributed by atoms with E-state index in [1.165, 1.54) is 5.70 Å². The molecule has 2 aliphatic heterocycles. The number of halogens is 1. The van der Waals surface area contributed by atoms with E-state index < -0.39 is 10.0 Å². The van der Waals surface area contributed by atoms with Gasteiger partial charge in [0.05, 0.1) is 11.6 Å². The van der Waals surface area contributed by atoms with Gasteiger partial charge in [-0.3, -0.25) is 4.99 Å². The molecular formula is C11H16IN3O2S. The first kappa shape index (κ1) is 12.9. The van der Waals surface area contributed by atoms with Crippen LogP contribution in [0.3, 0.4) is 0 Å². The van der Waals surface area contributed by atoms with Crippen molar-refractivity contribution in [2.24, 2.45) is 10.9 Å². The normalized spacial score (nSPS) is 31.4. The van der Waals surface area contributed by atoms with Crippen LogP contribution in [-0.2, 0) is 10.0 Å². The summed E-state index contributed by atoms with van der Waals surface area (Å²) in [4.78, 5) is 6.46. The van der Waals surface area contributed by atoms with Crippen LogP contribution >= 0.6 is 22.6 Å². The Morgan fingerprint density at radius 2 is 2.28 bits per heavy atom. The smallest absolute Gasteiger partial charge is 0.214 e. The summed E-state index contributed by atoms with van der Waals surface area (Å²) in [6, 6.07) is 0. The predicted molar refractivity (Wildman–Crippen MR) is 79.1 cm³/mol. The lowest BCUT2D eigenvalue weighted by Crippen LogP contribution is -2.33. The van der Waals surface area contributed by atoms with Gasteiger partial charge in [-0.15, -0.1) is 0 Å². The van der Waals surface area contributed by atoms with Gasteiger partial charge in [0.15, 0.2) is 0 Å². The molecule has 2 unspecified atom stereocenters. The highest BCUT2D eigenvalue weighted by Crippen LogP contribution is 2.30. The Balaban J connectivity index is 1.57. The van der Waals surface area contributed by atoms with E-state index in [4.69, 9.17) is 0 Å². The molecule has 3 rings (SSSR count). The van der Waals surface area contributed by atoms with Crippen molar-refractivity contribution < 1.29 is 8.42 Å². The molecule has 3 aliphatic rings. The number of rotatable bonds is 4. The molecular weight excluding hydrogens is 365 g/mol. The summed E-state index contributed by atoms with van der Waals surface area (Å²) in [5.41, 5.74) is 1.28. The van der Waals surface area contributed by atoms with E-state index in [-0.39, 0.29) is 9.30 Å². The molecule has 1 aliphatic carbocycles. The van der Waals surface area contributed by atoms with Crippen LogP contribution in [-0.4, -0.2) is 42.0 Å². The molecule has 0 amide bonds. The molecule has 0 spiro atoms. The molecule has 2 fully saturated rings. The molecule has 0 aromatic heterocycles. The van der Waals surface area contributed by atoms with Gasteiger partial charge >= 0.3 is 0 Å². The highest BCUT2D eigenvalue weighted by molar-refractivity contribution is 14.1. The van der Waals surface area contributed by atoms with Gasteiger partial charge in [-0.05, 0) is 31.3 Å². The van der Waals surface area contributed by atoms with Gasteiger partial charge in [0.25, 0.3) is 0 Å². The van der Waals surface area contributed by atoms with Crippen LogP contribution in [0.1, 0.15) is 19.3 Å². The molecule has 5 nitrogen and oxygen atoms in total. The maximum Gasteiger partial charge on any atom is 0.214 e. The van der Waals surface area contributed by atoms with Crippen molar-refractivity contribution in [3.8, 4) is 0 Å². The average molecular weight is 381 g/mol. The summed E-state index contributed by atoms with van der Waals surface area (Å²) >= 11 is 2.28. The van der Waals surface area contributed by atoms with Crippen LogP contribution in [0.2, 0.25) is 0 Å². The van der Waals surface area contributed by atoms with Gasteiger partial charge in [-0.1, -0.05) is 22.6 Å². The van der Waals surface area contributed by atoms with E-state index in [1.807, 2.05) is 6.34 Å². The SMILES string of the molecule is O=S(=O)(NCC1CC2=CC(I)N=CN2C1)C1CC1. The minimum Gasteiger partial charge on any atom is -0.336 e. The first-order valence-corrected chi connectivity index (χ1v) is 8.97. The number of nitrogens with zero attached hydrogens (tertiary/aromatic N) is 2. The number of hydrogen-bond donors (Lipinski definition) is 1. The third kappa shape index (κ3) is 2.72. The summed E-state index contributed by atoms with van der Waals surface area (Å²) in [6.45, 7) is 1.41. The zero-order chi connectivity index (χ0) is 12.8. The molecule has 2 atom stereocenters. The number of alkyl halides is 1. The van der Waals surface area contributed by atoms with Crippen LogP contribution in [0, 0.1) is 5.92 Å². The van der Waals surface area contributed by atoms with Crippen LogP contribution in [0.15, 0.2) is 16.8 Å². The van der Waals surface area contributed by atoms with E-state index in [0.717, 1.165) is 25.8 Å². The Morgan fingerprint density at radius 3 is 3.00 bits per heavy atom. The predicted octanol–water partition coefficient (Wildman–Crippen LogP) is 1.08. The van der Waals surface area contributed by atoms with Crippen LogP contribution in [0.5, 0.6) is 0 Å². The number of hydrogen-bond acceptors (Lipinski definition) is 4. The van der Waals surface area contributed by atoms with E-state index >= 15 is 0 Å². The lowest BCUT2D eigenvalue weighted by Gasteiger charge is -2.19. The summed E-state index contributed by atoms with van der Waals surface area (Å²) < 4.78 is 26.5. The molecule has 0 aromatic rings. The number of aliphatic imine (C=N–C) groups is 1. The molecule has 0 bridgehead atoms. The molecule has 2 heterocycles. The maximum absolute atomic E-state index is 11.7. The van der Waals surface area contributed by atoms with Crippen molar-refractivity contribution >= 4 is 39.0 Å². The van der Waals surface area contributed by atoms with Gasteiger partial charge in [0.1, 0.15) is 4.05 Å². The third-order valence-corrected chi connectivity index (χ3v) is 6.14. The van der Waals surface area contributed by atoms with E-state index in [1.54, 1.807) is 0 Å². The number of fused-ring (bicyclic) bond motifs is 1. The summed E-state index contributed by atoms with van der Waals surface area (Å²) in [6.07, 6.45) is 6.61. The molecule has 7 heteroatoms. The van der Waals surface area contributed by atoms with Crippen molar-refractivity contribution in [2.45, 2.75) is 28.6 Å². The second kappa shape index (κ2) is 4.75. The molecule has 1 saturated heterocycles. The molecule has 1 saturated carbocycles. The van der Waals surface area contributed by atoms with Gasteiger partial charge in [-0.25, -0.2) is 13.1 Å². The minimum absolute atomic E-state index is 0.124. The highest BCUT2D eigenvalue weighted by atomic mass is 127.